The number of carbonyl (C=O) groups is 1. The Kier molecular flexibility index (Phi) is 4.66. The second-order valence-corrected chi connectivity index (χ2v) is 5.71. The lowest BCUT2D eigenvalue weighted by atomic mass is 10.2. The number of nitrogens with zero attached hydrogens (tertiary/aromatic N) is 3. The Morgan fingerprint density at radius 2 is 2.12 bits per heavy atom. The Morgan fingerprint density at radius 1 is 1.32 bits per heavy atom. The highest BCUT2D eigenvalue weighted by atomic mass is 16.5. The topological polar surface area (TPSA) is 79.4 Å². The van der Waals surface area contributed by atoms with Crippen LogP contribution in [0.3, 0.4) is 0 Å². The molecule has 1 atom stereocenters. The van der Waals surface area contributed by atoms with Crippen molar-refractivity contribution in [1.29, 1.82) is 5.26 Å². The number of amides is 1. The summed E-state index contributed by atoms with van der Waals surface area (Å²) in [5.41, 5.74) is 3.09. The van der Waals surface area contributed by atoms with Crippen molar-refractivity contribution in [3.05, 3.63) is 65.6 Å². The average molecular weight is 334 g/mol. The van der Waals surface area contributed by atoms with Crippen LogP contribution in [-0.2, 0) is 11.3 Å². The lowest BCUT2D eigenvalue weighted by Crippen LogP contribution is -2.36. The van der Waals surface area contributed by atoms with Gasteiger partial charge in [0.2, 0.25) is 0 Å². The summed E-state index contributed by atoms with van der Waals surface area (Å²) < 4.78 is 7.58. The maximum atomic E-state index is 12.2. The van der Waals surface area contributed by atoms with Crippen molar-refractivity contribution >= 4 is 11.6 Å². The highest BCUT2D eigenvalue weighted by Crippen LogP contribution is 2.18. The minimum atomic E-state index is -0.715. The van der Waals surface area contributed by atoms with Crippen LogP contribution in [0.25, 0.3) is 5.65 Å². The van der Waals surface area contributed by atoms with Gasteiger partial charge in [0.1, 0.15) is 17.5 Å². The van der Waals surface area contributed by atoms with Gasteiger partial charge in [0, 0.05) is 11.9 Å². The molecule has 2 heterocycles. The smallest absolute Gasteiger partial charge is 0.261 e. The number of hydrogen-bond acceptors (Lipinski definition) is 4. The van der Waals surface area contributed by atoms with Crippen LogP contribution in [0, 0.1) is 18.3 Å². The Morgan fingerprint density at radius 3 is 2.88 bits per heavy atom. The fourth-order valence-electron chi connectivity index (χ4n) is 2.51. The summed E-state index contributed by atoms with van der Waals surface area (Å²) in [5, 5.41) is 11.9. The van der Waals surface area contributed by atoms with E-state index in [1.165, 1.54) is 0 Å². The van der Waals surface area contributed by atoms with Gasteiger partial charge in [-0.2, -0.15) is 5.26 Å². The summed E-state index contributed by atoms with van der Waals surface area (Å²) in [6.45, 7) is 3.96. The number of rotatable bonds is 5. The summed E-state index contributed by atoms with van der Waals surface area (Å²) >= 11 is 0. The van der Waals surface area contributed by atoms with Gasteiger partial charge in [0.25, 0.3) is 5.91 Å². The van der Waals surface area contributed by atoms with E-state index in [9.17, 15) is 4.79 Å². The third-order valence-electron chi connectivity index (χ3n) is 3.87. The molecule has 0 saturated carbocycles. The molecule has 0 unspecified atom stereocenters. The van der Waals surface area contributed by atoms with Gasteiger partial charge in [0.05, 0.1) is 17.8 Å². The van der Waals surface area contributed by atoms with Crippen LogP contribution in [0.1, 0.15) is 23.9 Å². The molecule has 0 aliphatic rings. The number of aromatic nitrogens is 2. The SMILES string of the molecule is Cc1cccc2nc(CNC(=O)[C@@H](C)Oc3ccccc3C#N)cn12. The van der Waals surface area contributed by atoms with E-state index >= 15 is 0 Å². The molecule has 0 radical (unpaired) electrons. The number of hydrogen-bond donors (Lipinski definition) is 1. The molecule has 3 rings (SSSR count). The maximum Gasteiger partial charge on any atom is 0.261 e. The van der Waals surface area contributed by atoms with Gasteiger partial charge in [-0.05, 0) is 38.1 Å². The summed E-state index contributed by atoms with van der Waals surface area (Å²) in [4.78, 5) is 16.7. The van der Waals surface area contributed by atoms with E-state index in [0.29, 0.717) is 17.9 Å². The Bertz CT molecular complexity index is 955. The van der Waals surface area contributed by atoms with Crippen molar-refractivity contribution in [3.8, 4) is 11.8 Å². The van der Waals surface area contributed by atoms with Crippen LogP contribution in [0.15, 0.2) is 48.7 Å². The van der Waals surface area contributed by atoms with Crippen LogP contribution in [0.2, 0.25) is 0 Å². The van der Waals surface area contributed by atoms with Gasteiger partial charge < -0.3 is 14.5 Å². The van der Waals surface area contributed by atoms with Crippen molar-refractivity contribution in [1.82, 2.24) is 14.7 Å². The zero-order chi connectivity index (χ0) is 17.8. The zero-order valence-electron chi connectivity index (χ0n) is 14.1. The number of fused-ring (bicyclic) bond motifs is 1. The van der Waals surface area contributed by atoms with Crippen LogP contribution in [-0.4, -0.2) is 21.4 Å². The van der Waals surface area contributed by atoms with E-state index in [1.54, 1.807) is 31.2 Å². The molecule has 1 amide bonds. The highest BCUT2D eigenvalue weighted by molar-refractivity contribution is 5.80. The molecule has 3 aromatic rings. The number of imidazole rings is 1. The number of nitriles is 1. The van der Waals surface area contributed by atoms with Crippen molar-refractivity contribution < 1.29 is 9.53 Å². The third-order valence-corrected chi connectivity index (χ3v) is 3.87. The molecule has 0 saturated heterocycles. The van der Waals surface area contributed by atoms with E-state index in [1.807, 2.05) is 41.8 Å². The molecule has 0 spiro atoms. The van der Waals surface area contributed by atoms with E-state index in [4.69, 9.17) is 10.00 Å². The molecule has 2 aromatic heterocycles. The lowest BCUT2D eigenvalue weighted by molar-refractivity contribution is -0.127. The van der Waals surface area contributed by atoms with Crippen LogP contribution >= 0.6 is 0 Å². The first-order valence-electron chi connectivity index (χ1n) is 7.95. The fourth-order valence-corrected chi connectivity index (χ4v) is 2.51. The molecular formula is C19H18N4O2. The van der Waals surface area contributed by atoms with E-state index in [-0.39, 0.29) is 5.91 Å². The lowest BCUT2D eigenvalue weighted by Gasteiger charge is -2.15. The molecule has 25 heavy (non-hydrogen) atoms. The van der Waals surface area contributed by atoms with Gasteiger partial charge in [-0.3, -0.25) is 4.79 Å². The Labute approximate surface area is 145 Å². The van der Waals surface area contributed by atoms with Gasteiger partial charge in [-0.15, -0.1) is 0 Å². The first-order chi connectivity index (χ1) is 12.1. The monoisotopic (exact) mass is 334 g/mol. The van der Waals surface area contributed by atoms with Gasteiger partial charge in [-0.1, -0.05) is 18.2 Å². The van der Waals surface area contributed by atoms with Gasteiger partial charge in [-0.25, -0.2) is 4.98 Å². The average Bonchev–Trinajstić information content (AvgIpc) is 3.04. The number of ether oxygens (including phenoxy) is 1. The quantitative estimate of drug-likeness (QED) is 0.778. The van der Waals surface area contributed by atoms with Crippen LogP contribution in [0.4, 0.5) is 0 Å². The molecule has 0 bridgehead atoms. The number of benzene rings is 1. The van der Waals surface area contributed by atoms with Crippen molar-refractivity contribution in [2.75, 3.05) is 0 Å². The summed E-state index contributed by atoms with van der Waals surface area (Å²) in [7, 11) is 0. The second-order valence-electron chi connectivity index (χ2n) is 5.71. The molecular weight excluding hydrogens is 316 g/mol. The molecule has 126 valence electrons. The number of pyridine rings is 1. The molecule has 0 aliphatic carbocycles. The van der Waals surface area contributed by atoms with Crippen LogP contribution < -0.4 is 10.1 Å². The van der Waals surface area contributed by atoms with E-state index in [2.05, 4.69) is 10.3 Å². The fraction of sp³-hybridized carbons (Fsp3) is 0.211. The number of para-hydroxylation sites is 1. The summed E-state index contributed by atoms with van der Waals surface area (Å²) in [6, 6.07) is 14.8. The van der Waals surface area contributed by atoms with Crippen LogP contribution in [0.5, 0.6) is 5.75 Å². The number of aryl methyl sites for hydroxylation is 1. The highest BCUT2D eigenvalue weighted by Gasteiger charge is 2.16. The van der Waals surface area contributed by atoms with Gasteiger partial charge >= 0.3 is 0 Å². The molecule has 6 nitrogen and oxygen atoms in total. The minimum absolute atomic E-state index is 0.262. The maximum absolute atomic E-state index is 12.2. The zero-order valence-corrected chi connectivity index (χ0v) is 14.1. The first-order valence-corrected chi connectivity index (χ1v) is 7.95. The van der Waals surface area contributed by atoms with E-state index in [0.717, 1.165) is 17.0 Å². The molecule has 6 heteroatoms. The molecule has 1 N–H and O–H groups in total. The standard InChI is InChI=1S/C19H18N4O2/c1-13-6-5-9-18-22-16(12-23(13)18)11-21-19(24)14(2)25-17-8-4-3-7-15(17)10-20/h3-9,12,14H,11H2,1-2H3,(H,21,24)/t14-/m1/s1. The third kappa shape index (κ3) is 3.61. The normalized spacial score (nSPS) is 11.7. The Balaban J connectivity index is 1.63. The summed E-state index contributed by atoms with van der Waals surface area (Å²) in [6.07, 6.45) is 1.19. The largest absolute Gasteiger partial charge is 0.480 e. The van der Waals surface area contributed by atoms with Gasteiger partial charge in [0.15, 0.2) is 6.10 Å². The second kappa shape index (κ2) is 7.05. The summed E-state index contributed by atoms with van der Waals surface area (Å²) in [5.74, 6) is 0.137. The Hall–Kier alpha value is -3.33. The van der Waals surface area contributed by atoms with Crippen molar-refractivity contribution in [3.63, 3.8) is 0 Å². The molecule has 0 aliphatic heterocycles. The van der Waals surface area contributed by atoms with Crippen molar-refractivity contribution in [2.45, 2.75) is 26.5 Å². The number of nitrogens with one attached hydrogen (secondary N) is 1. The minimum Gasteiger partial charge on any atom is -0.480 e. The predicted molar refractivity (Wildman–Crippen MR) is 93.0 cm³/mol. The predicted octanol–water partition coefficient (Wildman–Crippen LogP) is 2.60. The number of carbonyl (C=O) groups excluding carboxylic acids is 1. The van der Waals surface area contributed by atoms with E-state index < -0.39 is 6.10 Å². The molecule has 0 fully saturated rings. The van der Waals surface area contributed by atoms with Crippen molar-refractivity contribution in [2.24, 2.45) is 0 Å². The molecule has 1 aromatic carbocycles. The first kappa shape index (κ1) is 16.5.